The number of carbonyl (C=O) groups is 1. The Labute approximate surface area is 120 Å². The van der Waals surface area contributed by atoms with Gasteiger partial charge >= 0.3 is 5.97 Å². The molecule has 0 radical (unpaired) electrons. The molecular weight excluding hydrogens is 252 g/mol. The van der Waals surface area contributed by atoms with Crippen LogP contribution in [0.3, 0.4) is 0 Å². The summed E-state index contributed by atoms with van der Waals surface area (Å²) in [6, 6.07) is 3.51. The van der Waals surface area contributed by atoms with Crippen LogP contribution >= 0.6 is 0 Å². The summed E-state index contributed by atoms with van der Waals surface area (Å²) in [6.45, 7) is 4.04. The third-order valence-electron chi connectivity index (χ3n) is 4.20. The van der Waals surface area contributed by atoms with Crippen molar-refractivity contribution < 1.29 is 9.53 Å². The molecule has 0 aromatic heterocycles. The Bertz CT molecular complexity index is 499. The molecule has 2 unspecified atom stereocenters. The number of carbonyl (C=O) groups excluding carboxylic acids is 1. The molecule has 1 aliphatic rings. The van der Waals surface area contributed by atoms with E-state index in [-0.39, 0.29) is 12.1 Å². The topological polar surface area (TPSA) is 78.3 Å². The van der Waals surface area contributed by atoms with Crippen molar-refractivity contribution in [1.82, 2.24) is 0 Å². The Morgan fingerprint density at radius 3 is 2.70 bits per heavy atom. The zero-order valence-corrected chi connectivity index (χ0v) is 12.3. The van der Waals surface area contributed by atoms with Crippen LogP contribution in [-0.2, 0) is 4.74 Å². The molecule has 1 aliphatic carbocycles. The van der Waals surface area contributed by atoms with E-state index >= 15 is 0 Å². The monoisotopic (exact) mass is 276 g/mol. The first-order chi connectivity index (χ1) is 9.52. The van der Waals surface area contributed by atoms with E-state index < -0.39 is 0 Å². The number of anilines is 2. The van der Waals surface area contributed by atoms with Crippen molar-refractivity contribution in [3.63, 3.8) is 0 Å². The van der Waals surface area contributed by atoms with Gasteiger partial charge < -0.3 is 16.2 Å². The fourth-order valence-corrected chi connectivity index (χ4v) is 2.99. The van der Waals surface area contributed by atoms with Gasteiger partial charge in [0, 0.05) is 0 Å². The molecule has 0 amide bonds. The summed E-state index contributed by atoms with van der Waals surface area (Å²) in [4.78, 5) is 12.3. The van der Waals surface area contributed by atoms with E-state index in [0.29, 0.717) is 22.9 Å². The number of esters is 1. The van der Waals surface area contributed by atoms with Crippen molar-refractivity contribution in [3.8, 4) is 0 Å². The molecule has 20 heavy (non-hydrogen) atoms. The zero-order valence-electron chi connectivity index (χ0n) is 12.3. The van der Waals surface area contributed by atoms with Gasteiger partial charge in [0.1, 0.15) is 6.10 Å². The van der Waals surface area contributed by atoms with E-state index in [1.807, 2.05) is 6.92 Å². The van der Waals surface area contributed by atoms with Gasteiger partial charge in [-0.3, -0.25) is 0 Å². The second-order valence-electron chi connectivity index (χ2n) is 5.71. The molecule has 1 aromatic carbocycles. The first-order valence-electron chi connectivity index (χ1n) is 7.39. The Kier molecular flexibility index (Phi) is 4.53. The largest absolute Gasteiger partial charge is 0.458 e. The summed E-state index contributed by atoms with van der Waals surface area (Å²) < 4.78 is 5.70. The molecular formula is C16H24N2O2. The SMILES string of the molecule is CCC1CCCCC1OC(=O)c1cc(C)cc(N)c1N. The average molecular weight is 276 g/mol. The van der Waals surface area contributed by atoms with Gasteiger partial charge in [0.2, 0.25) is 0 Å². The quantitative estimate of drug-likeness (QED) is 0.656. The summed E-state index contributed by atoms with van der Waals surface area (Å²) in [6.07, 6.45) is 5.50. The van der Waals surface area contributed by atoms with Crippen molar-refractivity contribution in [2.45, 2.75) is 52.1 Å². The first kappa shape index (κ1) is 14.7. The van der Waals surface area contributed by atoms with Gasteiger partial charge in [-0.1, -0.05) is 13.3 Å². The Hall–Kier alpha value is -1.71. The second kappa shape index (κ2) is 6.16. The predicted octanol–water partition coefficient (Wildman–Crippen LogP) is 3.29. The molecule has 1 fully saturated rings. The molecule has 2 atom stereocenters. The van der Waals surface area contributed by atoms with E-state index in [1.165, 1.54) is 6.42 Å². The van der Waals surface area contributed by atoms with Crippen molar-refractivity contribution in [1.29, 1.82) is 0 Å². The highest BCUT2D eigenvalue weighted by molar-refractivity contribution is 5.98. The van der Waals surface area contributed by atoms with Crippen LogP contribution in [0.5, 0.6) is 0 Å². The lowest BCUT2D eigenvalue weighted by atomic mass is 9.85. The number of benzene rings is 1. The van der Waals surface area contributed by atoms with Crippen LogP contribution in [0.4, 0.5) is 11.4 Å². The number of hydrogen-bond acceptors (Lipinski definition) is 4. The molecule has 110 valence electrons. The lowest BCUT2D eigenvalue weighted by Crippen LogP contribution is -2.30. The van der Waals surface area contributed by atoms with E-state index in [2.05, 4.69) is 6.92 Å². The Morgan fingerprint density at radius 2 is 2.00 bits per heavy atom. The Balaban J connectivity index is 2.15. The van der Waals surface area contributed by atoms with Crippen molar-refractivity contribution in [2.24, 2.45) is 5.92 Å². The molecule has 1 aromatic rings. The van der Waals surface area contributed by atoms with E-state index in [4.69, 9.17) is 16.2 Å². The molecule has 4 N–H and O–H groups in total. The van der Waals surface area contributed by atoms with Gasteiger partial charge in [-0.05, 0) is 56.2 Å². The van der Waals surface area contributed by atoms with Gasteiger partial charge in [0.05, 0.1) is 16.9 Å². The standard InChI is InChI=1S/C16H24N2O2/c1-3-11-6-4-5-7-14(11)20-16(19)12-8-10(2)9-13(17)15(12)18/h8-9,11,14H,3-7,17-18H2,1-2H3. The molecule has 0 aliphatic heterocycles. The summed E-state index contributed by atoms with van der Waals surface area (Å²) in [5, 5.41) is 0. The first-order valence-corrected chi connectivity index (χ1v) is 7.39. The van der Waals surface area contributed by atoms with E-state index in [9.17, 15) is 4.79 Å². The predicted molar refractivity (Wildman–Crippen MR) is 81.5 cm³/mol. The molecule has 4 heteroatoms. The van der Waals surface area contributed by atoms with E-state index in [1.54, 1.807) is 12.1 Å². The van der Waals surface area contributed by atoms with Crippen LogP contribution in [0.2, 0.25) is 0 Å². The van der Waals surface area contributed by atoms with E-state index in [0.717, 1.165) is 31.2 Å². The summed E-state index contributed by atoms with van der Waals surface area (Å²) >= 11 is 0. The maximum atomic E-state index is 12.3. The average Bonchev–Trinajstić information content (AvgIpc) is 2.43. The van der Waals surface area contributed by atoms with Gasteiger partial charge in [-0.25, -0.2) is 4.79 Å². The van der Waals surface area contributed by atoms with Crippen LogP contribution in [0.25, 0.3) is 0 Å². The van der Waals surface area contributed by atoms with Crippen molar-refractivity contribution in [3.05, 3.63) is 23.3 Å². The Morgan fingerprint density at radius 1 is 1.30 bits per heavy atom. The van der Waals surface area contributed by atoms with Gasteiger partial charge in [0.15, 0.2) is 0 Å². The number of aryl methyl sites for hydroxylation is 1. The minimum Gasteiger partial charge on any atom is -0.458 e. The maximum Gasteiger partial charge on any atom is 0.340 e. The smallest absolute Gasteiger partial charge is 0.340 e. The fraction of sp³-hybridized carbons (Fsp3) is 0.562. The molecule has 0 saturated heterocycles. The number of hydrogen-bond donors (Lipinski definition) is 2. The lowest BCUT2D eigenvalue weighted by Gasteiger charge is -2.30. The highest BCUT2D eigenvalue weighted by Crippen LogP contribution is 2.31. The molecule has 2 rings (SSSR count). The van der Waals surface area contributed by atoms with Crippen LogP contribution in [-0.4, -0.2) is 12.1 Å². The number of nitrogens with two attached hydrogens (primary N) is 2. The van der Waals surface area contributed by atoms with Crippen molar-refractivity contribution >= 4 is 17.3 Å². The van der Waals surface area contributed by atoms with Crippen LogP contribution in [0.1, 0.15) is 54.9 Å². The normalized spacial score (nSPS) is 22.5. The van der Waals surface area contributed by atoms with Gasteiger partial charge in [-0.15, -0.1) is 0 Å². The number of nitrogen functional groups attached to an aromatic ring is 2. The van der Waals surface area contributed by atoms with Crippen LogP contribution < -0.4 is 11.5 Å². The fourth-order valence-electron chi connectivity index (χ4n) is 2.99. The molecule has 0 heterocycles. The van der Waals surface area contributed by atoms with Gasteiger partial charge in [0.25, 0.3) is 0 Å². The minimum atomic E-state index is -0.344. The second-order valence-corrected chi connectivity index (χ2v) is 5.71. The third-order valence-corrected chi connectivity index (χ3v) is 4.20. The third kappa shape index (κ3) is 3.06. The highest BCUT2D eigenvalue weighted by Gasteiger charge is 2.28. The summed E-state index contributed by atoms with van der Waals surface area (Å²) in [5.41, 5.74) is 13.8. The molecule has 0 spiro atoms. The molecule has 1 saturated carbocycles. The number of ether oxygens (including phenoxy) is 1. The van der Waals surface area contributed by atoms with Crippen LogP contribution in [0, 0.1) is 12.8 Å². The highest BCUT2D eigenvalue weighted by atomic mass is 16.5. The minimum absolute atomic E-state index is 0.0161. The number of rotatable bonds is 3. The lowest BCUT2D eigenvalue weighted by molar-refractivity contribution is 0.000815. The van der Waals surface area contributed by atoms with Crippen molar-refractivity contribution in [2.75, 3.05) is 11.5 Å². The molecule has 4 nitrogen and oxygen atoms in total. The summed E-state index contributed by atoms with van der Waals surface area (Å²) in [7, 11) is 0. The van der Waals surface area contributed by atoms with Crippen LogP contribution in [0.15, 0.2) is 12.1 Å². The maximum absolute atomic E-state index is 12.3. The zero-order chi connectivity index (χ0) is 14.7. The van der Waals surface area contributed by atoms with Gasteiger partial charge in [-0.2, -0.15) is 0 Å². The summed E-state index contributed by atoms with van der Waals surface area (Å²) in [5.74, 6) is 0.124. The molecule has 0 bridgehead atoms.